The Morgan fingerprint density at radius 3 is 1.94 bits per heavy atom. The Kier molecular flexibility index (Phi) is 5.95. The average molecular weight is 252 g/mol. The summed E-state index contributed by atoms with van der Waals surface area (Å²) in [6, 6.07) is 5.75. The van der Waals surface area contributed by atoms with E-state index in [1.807, 2.05) is 39.0 Å². The first-order chi connectivity index (χ1) is 8.65. The Labute approximate surface area is 109 Å². The topological polar surface area (TPSA) is 70.5 Å². The number of nitrogens with two attached hydrogens (primary N) is 2. The standard InChI is InChI=1S/C14H24N2O2/c1-4-17-12-7-6-8-13(18-5-2)14(12)11(9-15)10(3)16/h6-8,10-11H,4-5,9,15-16H2,1-3H3. The lowest BCUT2D eigenvalue weighted by molar-refractivity contribution is 0.310. The SMILES string of the molecule is CCOc1cccc(OCC)c1C(CN)C(C)N. The fraction of sp³-hybridized carbons (Fsp3) is 0.571. The lowest BCUT2D eigenvalue weighted by Crippen LogP contribution is -2.31. The zero-order valence-electron chi connectivity index (χ0n) is 11.5. The number of rotatable bonds is 7. The summed E-state index contributed by atoms with van der Waals surface area (Å²) < 4.78 is 11.3. The van der Waals surface area contributed by atoms with Gasteiger partial charge >= 0.3 is 0 Å². The van der Waals surface area contributed by atoms with Gasteiger partial charge in [0.05, 0.1) is 13.2 Å². The van der Waals surface area contributed by atoms with Crippen molar-refractivity contribution >= 4 is 0 Å². The minimum absolute atomic E-state index is 0.0364. The molecule has 0 heterocycles. The van der Waals surface area contributed by atoms with Gasteiger partial charge in [-0.2, -0.15) is 0 Å². The molecule has 2 atom stereocenters. The molecule has 102 valence electrons. The van der Waals surface area contributed by atoms with Gasteiger partial charge in [0.1, 0.15) is 11.5 Å². The van der Waals surface area contributed by atoms with Gasteiger partial charge in [-0.25, -0.2) is 0 Å². The molecule has 1 aromatic carbocycles. The minimum Gasteiger partial charge on any atom is -0.493 e. The number of hydrogen-bond donors (Lipinski definition) is 2. The second-order valence-electron chi connectivity index (χ2n) is 4.24. The van der Waals surface area contributed by atoms with E-state index in [4.69, 9.17) is 20.9 Å². The molecule has 1 aromatic rings. The molecule has 2 unspecified atom stereocenters. The second kappa shape index (κ2) is 7.24. The van der Waals surface area contributed by atoms with Crippen molar-refractivity contribution in [2.45, 2.75) is 32.7 Å². The van der Waals surface area contributed by atoms with Crippen LogP contribution in [0, 0.1) is 0 Å². The van der Waals surface area contributed by atoms with E-state index in [1.165, 1.54) is 0 Å². The van der Waals surface area contributed by atoms with E-state index in [0.717, 1.165) is 17.1 Å². The maximum absolute atomic E-state index is 6.02. The van der Waals surface area contributed by atoms with Gasteiger partial charge in [-0.05, 0) is 32.9 Å². The molecule has 0 aliphatic rings. The van der Waals surface area contributed by atoms with Crippen molar-refractivity contribution < 1.29 is 9.47 Å². The molecule has 0 aliphatic heterocycles. The van der Waals surface area contributed by atoms with Crippen LogP contribution in [-0.4, -0.2) is 25.8 Å². The summed E-state index contributed by atoms with van der Waals surface area (Å²) in [5, 5.41) is 0. The van der Waals surface area contributed by atoms with Crippen molar-refractivity contribution in [2.75, 3.05) is 19.8 Å². The van der Waals surface area contributed by atoms with Crippen LogP contribution in [0.15, 0.2) is 18.2 Å². The van der Waals surface area contributed by atoms with Gasteiger partial charge in [0.25, 0.3) is 0 Å². The zero-order chi connectivity index (χ0) is 13.5. The van der Waals surface area contributed by atoms with E-state index >= 15 is 0 Å². The minimum atomic E-state index is -0.0455. The van der Waals surface area contributed by atoms with Gasteiger partial charge in [-0.15, -0.1) is 0 Å². The maximum Gasteiger partial charge on any atom is 0.126 e. The Morgan fingerprint density at radius 2 is 1.61 bits per heavy atom. The highest BCUT2D eigenvalue weighted by Gasteiger charge is 2.23. The van der Waals surface area contributed by atoms with Crippen LogP contribution in [-0.2, 0) is 0 Å². The van der Waals surface area contributed by atoms with Crippen LogP contribution in [0.2, 0.25) is 0 Å². The van der Waals surface area contributed by atoms with E-state index in [-0.39, 0.29) is 12.0 Å². The molecule has 0 fully saturated rings. The highest BCUT2D eigenvalue weighted by atomic mass is 16.5. The normalized spacial score (nSPS) is 14.1. The molecule has 4 heteroatoms. The summed E-state index contributed by atoms with van der Waals surface area (Å²) in [7, 11) is 0. The number of ether oxygens (including phenoxy) is 2. The van der Waals surface area contributed by atoms with Gasteiger partial charge in [0.2, 0.25) is 0 Å². The Hall–Kier alpha value is -1.26. The van der Waals surface area contributed by atoms with Crippen molar-refractivity contribution in [3.05, 3.63) is 23.8 Å². The first-order valence-corrected chi connectivity index (χ1v) is 6.49. The third-order valence-electron chi connectivity index (χ3n) is 2.89. The van der Waals surface area contributed by atoms with E-state index in [9.17, 15) is 0 Å². The molecule has 0 bridgehead atoms. The van der Waals surface area contributed by atoms with E-state index in [0.29, 0.717) is 19.8 Å². The van der Waals surface area contributed by atoms with Gasteiger partial charge in [0, 0.05) is 24.1 Å². The largest absolute Gasteiger partial charge is 0.493 e. The lowest BCUT2D eigenvalue weighted by Gasteiger charge is -2.24. The average Bonchev–Trinajstić information content (AvgIpc) is 2.33. The van der Waals surface area contributed by atoms with Crippen LogP contribution in [0.1, 0.15) is 32.3 Å². The number of hydrogen-bond acceptors (Lipinski definition) is 4. The summed E-state index contributed by atoms with van der Waals surface area (Å²) in [6.07, 6.45) is 0. The molecule has 0 spiro atoms. The van der Waals surface area contributed by atoms with Crippen molar-refractivity contribution in [1.82, 2.24) is 0 Å². The zero-order valence-corrected chi connectivity index (χ0v) is 11.5. The molecule has 0 saturated carbocycles. The highest BCUT2D eigenvalue weighted by Crippen LogP contribution is 2.36. The summed E-state index contributed by atoms with van der Waals surface area (Å²) in [6.45, 7) is 7.57. The summed E-state index contributed by atoms with van der Waals surface area (Å²) in [5.41, 5.74) is 12.8. The third-order valence-corrected chi connectivity index (χ3v) is 2.89. The molecule has 0 amide bonds. The molecule has 18 heavy (non-hydrogen) atoms. The van der Waals surface area contributed by atoms with Crippen molar-refractivity contribution in [3.8, 4) is 11.5 Å². The Morgan fingerprint density at radius 1 is 1.11 bits per heavy atom. The van der Waals surface area contributed by atoms with Crippen LogP contribution >= 0.6 is 0 Å². The molecule has 1 rings (SSSR count). The predicted molar refractivity (Wildman–Crippen MR) is 74.2 cm³/mol. The van der Waals surface area contributed by atoms with Crippen LogP contribution in [0.3, 0.4) is 0 Å². The Bertz CT molecular complexity index is 343. The Balaban J connectivity index is 3.23. The third kappa shape index (κ3) is 3.37. The molecule has 4 N–H and O–H groups in total. The van der Waals surface area contributed by atoms with Gasteiger partial charge in [-0.3, -0.25) is 0 Å². The summed E-state index contributed by atoms with van der Waals surface area (Å²) >= 11 is 0. The number of benzene rings is 1. The van der Waals surface area contributed by atoms with Gasteiger partial charge in [-0.1, -0.05) is 6.07 Å². The molecule has 0 saturated heterocycles. The van der Waals surface area contributed by atoms with E-state index < -0.39 is 0 Å². The maximum atomic E-state index is 6.02. The molecule has 0 radical (unpaired) electrons. The smallest absolute Gasteiger partial charge is 0.126 e. The molecular weight excluding hydrogens is 228 g/mol. The van der Waals surface area contributed by atoms with Crippen molar-refractivity contribution in [2.24, 2.45) is 11.5 Å². The molecular formula is C14H24N2O2. The monoisotopic (exact) mass is 252 g/mol. The first-order valence-electron chi connectivity index (χ1n) is 6.49. The van der Waals surface area contributed by atoms with Crippen molar-refractivity contribution in [1.29, 1.82) is 0 Å². The fourth-order valence-corrected chi connectivity index (χ4v) is 2.05. The van der Waals surface area contributed by atoms with Crippen LogP contribution in [0.5, 0.6) is 11.5 Å². The highest BCUT2D eigenvalue weighted by molar-refractivity contribution is 5.48. The summed E-state index contributed by atoms with van der Waals surface area (Å²) in [4.78, 5) is 0. The fourth-order valence-electron chi connectivity index (χ4n) is 2.05. The van der Waals surface area contributed by atoms with E-state index in [2.05, 4.69) is 0 Å². The van der Waals surface area contributed by atoms with Crippen LogP contribution in [0.25, 0.3) is 0 Å². The first kappa shape index (κ1) is 14.8. The van der Waals surface area contributed by atoms with Gasteiger partial charge < -0.3 is 20.9 Å². The summed E-state index contributed by atoms with van der Waals surface area (Å²) in [5.74, 6) is 1.67. The van der Waals surface area contributed by atoms with Crippen LogP contribution < -0.4 is 20.9 Å². The van der Waals surface area contributed by atoms with Gasteiger partial charge in [0.15, 0.2) is 0 Å². The second-order valence-corrected chi connectivity index (χ2v) is 4.24. The van der Waals surface area contributed by atoms with Crippen LogP contribution in [0.4, 0.5) is 0 Å². The quantitative estimate of drug-likeness (QED) is 0.777. The predicted octanol–water partition coefficient (Wildman–Crippen LogP) is 1.87. The lowest BCUT2D eigenvalue weighted by atomic mass is 9.91. The molecule has 0 aromatic heterocycles. The van der Waals surface area contributed by atoms with E-state index in [1.54, 1.807) is 0 Å². The van der Waals surface area contributed by atoms with Crippen molar-refractivity contribution in [3.63, 3.8) is 0 Å². The molecule has 4 nitrogen and oxygen atoms in total. The molecule has 0 aliphatic carbocycles.